The summed E-state index contributed by atoms with van der Waals surface area (Å²) in [6, 6.07) is 5.72. The first-order valence-corrected chi connectivity index (χ1v) is 9.33. The molecular weight excluding hydrogens is 370 g/mol. The molecule has 1 aromatic heterocycles. The van der Waals surface area contributed by atoms with Crippen molar-refractivity contribution in [1.29, 1.82) is 0 Å². The predicted molar refractivity (Wildman–Crippen MR) is 98.0 cm³/mol. The average molecular weight is 392 g/mol. The van der Waals surface area contributed by atoms with Crippen molar-refractivity contribution in [3.05, 3.63) is 39.4 Å². The summed E-state index contributed by atoms with van der Waals surface area (Å²) in [5.74, 6) is 0.00245. The Morgan fingerprint density at radius 2 is 2.08 bits per heavy atom. The molecule has 0 spiro atoms. The molecule has 1 aliphatic rings. The fourth-order valence-electron chi connectivity index (χ4n) is 3.51. The molecule has 0 radical (unpaired) electrons. The van der Waals surface area contributed by atoms with E-state index in [4.69, 9.17) is 0 Å². The highest BCUT2D eigenvalue weighted by Gasteiger charge is 2.24. The number of fused-ring (bicyclic) bond motifs is 1. The van der Waals surface area contributed by atoms with Gasteiger partial charge in [0, 0.05) is 17.1 Å². The minimum absolute atomic E-state index is 0.00245. The van der Waals surface area contributed by atoms with Crippen LogP contribution in [-0.4, -0.2) is 32.9 Å². The number of aromatic nitrogens is 2. The molecule has 24 heavy (non-hydrogen) atoms. The van der Waals surface area contributed by atoms with Crippen LogP contribution < -0.4 is 5.56 Å². The van der Waals surface area contributed by atoms with Gasteiger partial charge < -0.3 is 4.90 Å². The number of hydrogen-bond acceptors (Lipinski definition) is 3. The molecule has 0 saturated heterocycles. The van der Waals surface area contributed by atoms with Gasteiger partial charge in [0.1, 0.15) is 6.54 Å². The maximum Gasteiger partial charge on any atom is 0.261 e. The fourth-order valence-corrected chi connectivity index (χ4v) is 3.87. The van der Waals surface area contributed by atoms with Crippen molar-refractivity contribution in [2.24, 2.45) is 0 Å². The van der Waals surface area contributed by atoms with Crippen LogP contribution in [0.15, 0.2) is 33.8 Å². The van der Waals surface area contributed by atoms with E-state index in [0.29, 0.717) is 23.5 Å². The molecular formula is C18H22BrN3O2. The molecule has 6 heteroatoms. The van der Waals surface area contributed by atoms with Gasteiger partial charge in [-0.3, -0.25) is 14.2 Å². The van der Waals surface area contributed by atoms with E-state index in [0.717, 1.165) is 17.3 Å². The fraction of sp³-hybridized carbons (Fsp3) is 0.500. The highest BCUT2D eigenvalue weighted by Crippen LogP contribution is 2.22. The van der Waals surface area contributed by atoms with Gasteiger partial charge in [-0.1, -0.05) is 35.2 Å². The van der Waals surface area contributed by atoms with Gasteiger partial charge >= 0.3 is 0 Å². The predicted octanol–water partition coefficient (Wildman–Crippen LogP) is 3.34. The number of likely N-dealkylation sites (N-methyl/N-ethyl adjacent to an activating group) is 1. The lowest BCUT2D eigenvalue weighted by molar-refractivity contribution is -0.134. The summed E-state index contributed by atoms with van der Waals surface area (Å²) in [4.78, 5) is 31.6. The third-order valence-corrected chi connectivity index (χ3v) is 5.26. The van der Waals surface area contributed by atoms with Crippen molar-refractivity contribution >= 4 is 32.7 Å². The molecule has 0 N–H and O–H groups in total. The summed E-state index contributed by atoms with van der Waals surface area (Å²) < 4.78 is 2.25. The number of carbonyl (C=O) groups excluding carboxylic acids is 1. The van der Waals surface area contributed by atoms with Gasteiger partial charge in [-0.05, 0) is 38.0 Å². The first-order valence-electron chi connectivity index (χ1n) is 8.54. The molecule has 1 aromatic carbocycles. The molecule has 1 amide bonds. The summed E-state index contributed by atoms with van der Waals surface area (Å²) in [7, 11) is 0. The SMILES string of the molecule is CCN(C(=O)Cn1cnc2ccc(Br)cc2c1=O)C1CCCCC1. The van der Waals surface area contributed by atoms with Crippen LogP contribution in [0.1, 0.15) is 39.0 Å². The lowest BCUT2D eigenvalue weighted by atomic mass is 9.94. The smallest absolute Gasteiger partial charge is 0.261 e. The van der Waals surface area contributed by atoms with Crippen LogP contribution in [-0.2, 0) is 11.3 Å². The van der Waals surface area contributed by atoms with E-state index in [1.807, 2.05) is 17.9 Å². The molecule has 0 bridgehead atoms. The van der Waals surface area contributed by atoms with E-state index in [1.54, 1.807) is 12.1 Å². The van der Waals surface area contributed by atoms with Crippen molar-refractivity contribution in [3.63, 3.8) is 0 Å². The topological polar surface area (TPSA) is 55.2 Å². The Morgan fingerprint density at radius 1 is 1.33 bits per heavy atom. The van der Waals surface area contributed by atoms with E-state index in [1.165, 1.54) is 30.2 Å². The Hall–Kier alpha value is -1.69. The molecule has 128 valence electrons. The van der Waals surface area contributed by atoms with Gasteiger partial charge in [0.05, 0.1) is 17.2 Å². The molecule has 1 heterocycles. The van der Waals surface area contributed by atoms with Crippen LogP contribution >= 0.6 is 15.9 Å². The van der Waals surface area contributed by atoms with E-state index >= 15 is 0 Å². The minimum Gasteiger partial charge on any atom is -0.338 e. The number of carbonyl (C=O) groups is 1. The molecule has 1 fully saturated rings. The molecule has 5 nitrogen and oxygen atoms in total. The van der Waals surface area contributed by atoms with Gasteiger partial charge in [0.2, 0.25) is 5.91 Å². The number of halogens is 1. The summed E-state index contributed by atoms with van der Waals surface area (Å²) in [5.41, 5.74) is 0.473. The molecule has 1 saturated carbocycles. The zero-order chi connectivity index (χ0) is 17.1. The standard InChI is InChI=1S/C18H22BrN3O2/c1-2-22(14-6-4-3-5-7-14)17(23)11-21-12-20-16-9-8-13(19)10-15(16)18(21)24/h8-10,12,14H,2-7,11H2,1H3. The van der Waals surface area contributed by atoms with Crippen LogP contribution in [0.2, 0.25) is 0 Å². The summed E-state index contributed by atoms with van der Waals surface area (Å²) in [6.45, 7) is 2.74. The van der Waals surface area contributed by atoms with Crippen LogP contribution in [0, 0.1) is 0 Å². The second-order valence-electron chi connectivity index (χ2n) is 6.31. The molecule has 0 atom stereocenters. The lowest BCUT2D eigenvalue weighted by Gasteiger charge is -2.33. The van der Waals surface area contributed by atoms with Crippen LogP contribution in [0.25, 0.3) is 10.9 Å². The van der Waals surface area contributed by atoms with Gasteiger partial charge in [-0.25, -0.2) is 4.98 Å². The molecule has 0 aliphatic heterocycles. The quantitative estimate of drug-likeness (QED) is 0.802. The summed E-state index contributed by atoms with van der Waals surface area (Å²) >= 11 is 3.38. The number of hydrogen-bond donors (Lipinski definition) is 0. The second kappa shape index (κ2) is 7.47. The van der Waals surface area contributed by atoms with Crippen molar-refractivity contribution in [3.8, 4) is 0 Å². The van der Waals surface area contributed by atoms with E-state index in [-0.39, 0.29) is 18.0 Å². The van der Waals surface area contributed by atoms with Crippen molar-refractivity contribution in [2.45, 2.75) is 51.6 Å². The van der Waals surface area contributed by atoms with Crippen molar-refractivity contribution < 1.29 is 4.79 Å². The normalized spacial score (nSPS) is 15.6. The van der Waals surface area contributed by atoms with Gasteiger partial charge in [0.15, 0.2) is 0 Å². The molecule has 3 rings (SSSR count). The first-order chi connectivity index (χ1) is 11.6. The highest BCUT2D eigenvalue weighted by molar-refractivity contribution is 9.10. The Bertz CT molecular complexity index is 796. The van der Waals surface area contributed by atoms with Crippen molar-refractivity contribution in [1.82, 2.24) is 14.5 Å². The number of benzene rings is 1. The maximum absolute atomic E-state index is 12.7. The first kappa shape index (κ1) is 17.1. The molecule has 2 aromatic rings. The molecule has 1 aliphatic carbocycles. The monoisotopic (exact) mass is 391 g/mol. The van der Waals surface area contributed by atoms with E-state index in [9.17, 15) is 9.59 Å². The minimum atomic E-state index is -0.172. The maximum atomic E-state index is 12.7. The van der Waals surface area contributed by atoms with Crippen LogP contribution in [0.3, 0.4) is 0 Å². The van der Waals surface area contributed by atoms with Gasteiger partial charge in [0.25, 0.3) is 5.56 Å². The Kier molecular flexibility index (Phi) is 5.33. The Balaban J connectivity index is 1.84. The van der Waals surface area contributed by atoms with Gasteiger partial charge in [-0.2, -0.15) is 0 Å². The lowest BCUT2D eigenvalue weighted by Crippen LogP contribution is -2.44. The van der Waals surface area contributed by atoms with Crippen molar-refractivity contribution in [2.75, 3.05) is 6.54 Å². The third kappa shape index (κ3) is 3.53. The number of nitrogens with zero attached hydrogens (tertiary/aromatic N) is 3. The number of amides is 1. The summed E-state index contributed by atoms with van der Waals surface area (Å²) in [6.07, 6.45) is 7.23. The van der Waals surface area contributed by atoms with Crippen LogP contribution in [0.4, 0.5) is 0 Å². The van der Waals surface area contributed by atoms with E-state index < -0.39 is 0 Å². The second-order valence-corrected chi connectivity index (χ2v) is 7.23. The van der Waals surface area contributed by atoms with E-state index in [2.05, 4.69) is 20.9 Å². The zero-order valence-corrected chi connectivity index (χ0v) is 15.5. The average Bonchev–Trinajstić information content (AvgIpc) is 2.59. The summed E-state index contributed by atoms with van der Waals surface area (Å²) in [5, 5.41) is 0.528. The highest BCUT2D eigenvalue weighted by atomic mass is 79.9. The molecule has 0 unspecified atom stereocenters. The Labute approximate surface area is 149 Å². The van der Waals surface area contributed by atoms with Gasteiger partial charge in [-0.15, -0.1) is 0 Å². The third-order valence-electron chi connectivity index (χ3n) is 4.77. The van der Waals surface area contributed by atoms with Crippen LogP contribution in [0.5, 0.6) is 0 Å². The Morgan fingerprint density at radius 3 is 2.79 bits per heavy atom. The zero-order valence-electron chi connectivity index (χ0n) is 13.9. The largest absolute Gasteiger partial charge is 0.338 e. The number of rotatable bonds is 4.